The molecule has 0 unspecified atom stereocenters. The molecule has 2 N–H and O–H groups in total. The van der Waals surface area contributed by atoms with Gasteiger partial charge < -0.3 is 20.0 Å². The van der Waals surface area contributed by atoms with Crippen molar-refractivity contribution in [2.45, 2.75) is 45.4 Å². The molecule has 1 fully saturated rings. The van der Waals surface area contributed by atoms with Crippen LogP contribution >= 0.6 is 24.0 Å². The smallest absolute Gasteiger partial charge is 0.191 e. The SMILES string of the molecule is CCCNC(=NCC1(CN(C)C)CCCC1)NCCc1ccco1.I. The lowest BCUT2D eigenvalue weighted by Crippen LogP contribution is -2.41. The van der Waals surface area contributed by atoms with Crippen molar-refractivity contribution in [1.82, 2.24) is 15.5 Å². The van der Waals surface area contributed by atoms with Gasteiger partial charge in [0.15, 0.2) is 5.96 Å². The molecule has 0 saturated heterocycles. The monoisotopic (exact) mass is 462 g/mol. The molecule has 5 nitrogen and oxygen atoms in total. The molecule has 1 aromatic rings. The molecule has 0 radical (unpaired) electrons. The van der Waals surface area contributed by atoms with Crippen LogP contribution in [0.1, 0.15) is 44.8 Å². The van der Waals surface area contributed by atoms with Gasteiger partial charge in [-0.2, -0.15) is 0 Å². The normalized spacial score (nSPS) is 16.7. The summed E-state index contributed by atoms with van der Waals surface area (Å²) >= 11 is 0. The zero-order valence-electron chi connectivity index (χ0n) is 16.0. The minimum absolute atomic E-state index is 0. The van der Waals surface area contributed by atoms with E-state index in [0.29, 0.717) is 5.41 Å². The van der Waals surface area contributed by atoms with Crippen molar-refractivity contribution in [3.8, 4) is 0 Å². The zero-order valence-corrected chi connectivity index (χ0v) is 18.3. The molecule has 0 spiro atoms. The van der Waals surface area contributed by atoms with Crippen molar-refractivity contribution >= 4 is 29.9 Å². The van der Waals surface area contributed by atoms with Crippen LogP contribution in [0.15, 0.2) is 27.8 Å². The molecule has 25 heavy (non-hydrogen) atoms. The Morgan fingerprint density at radius 3 is 2.56 bits per heavy atom. The molecule has 0 amide bonds. The zero-order chi connectivity index (χ0) is 17.3. The average molecular weight is 462 g/mol. The number of hydrogen-bond acceptors (Lipinski definition) is 3. The van der Waals surface area contributed by atoms with Crippen LogP contribution in [-0.2, 0) is 6.42 Å². The Hall–Kier alpha value is -0.760. The van der Waals surface area contributed by atoms with Gasteiger partial charge in [-0.15, -0.1) is 24.0 Å². The van der Waals surface area contributed by atoms with Crippen LogP contribution in [0.4, 0.5) is 0 Å². The van der Waals surface area contributed by atoms with Gasteiger partial charge in [0, 0.05) is 38.0 Å². The first-order chi connectivity index (χ1) is 11.6. The molecule has 1 aliphatic carbocycles. The second-order valence-electron chi connectivity index (χ2n) is 7.29. The second-order valence-corrected chi connectivity index (χ2v) is 7.29. The van der Waals surface area contributed by atoms with Gasteiger partial charge in [-0.25, -0.2) is 0 Å². The van der Waals surface area contributed by atoms with Crippen molar-refractivity contribution in [3.63, 3.8) is 0 Å². The number of nitrogens with one attached hydrogen (secondary N) is 2. The third kappa shape index (κ3) is 7.98. The molecule has 1 aromatic heterocycles. The molecular formula is C19H35IN4O. The van der Waals surface area contributed by atoms with E-state index >= 15 is 0 Å². The van der Waals surface area contributed by atoms with Crippen molar-refractivity contribution < 1.29 is 4.42 Å². The van der Waals surface area contributed by atoms with Gasteiger partial charge in [0.05, 0.1) is 6.26 Å². The molecule has 2 rings (SSSR count). The summed E-state index contributed by atoms with van der Waals surface area (Å²) in [6, 6.07) is 3.95. The maximum absolute atomic E-state index is 5.39. The topological polar surface area (TPSA) is 52.8 Å². The number of nitrogens with zero attached hydrogens (tertiary/aromatic N) is 2. The van der Waals surface area contributed by atoms with Crippen molar-refractivity contribution in [3.05, 3.63) is 24.2 Å². The van der Waals surface area contributed by atoms with Gasteiger partial charge in [0.1, 0.15) is 5.76 Å². The van der Waals surface area contributed by atoms with Crippen molar-refractivity contribution in [2.75, 3.05) is 40.3 Å². The van der Waals surface area contributed by atoms with Gasteiger partial charge in [-0.1, -0.05) is 19.8 Å². The summed E-state index contributed by atoms with van der Waals surface area (Å²) in [6.07, 6.45) is 8.97. The molecule has 1 aliphatic rings. The number of hydrogen-bond donors (Lipinski definition) is 2. The summed E-state index contributed by atoms with van der Waals surface area (Å²) in [5.41, 5.74) is 0.353. The lowest BCUT2D eigenvalue weighted by molar-refractivity contribution is 0.210. The molecular weight excluding hydrogens is 427 g/mol. The molecule has 0 aromatic carbocycles. The molecule has 144 valence electrons. The Bertz CT molecular complexity index is 482. The Kier molecular flexibility index (Phi) is 10.5. The molecule has 0 aliphatic heterocycles. The number of guanidine groups is 1. The van der Waals surface area contributed by atoms with E-state index in [1.54, 1.807) is 6.26 Å². The highest BCUT2D eigenvalue weighted by atomic mass is 127. The summed E-state index contributed by atoms with van der Waals surface area (Å²) in [7, 11) is 4.34. The van der Waals surface area contributed by atoms with Gasteiger partial charge in [-0.3, -0.25) is 4.99 Å². The largest absolute Gasteiger partial charge is 0.469 e. The Morgan fingerprint density at radius 1 is 1.24 bits per heavy atom. The molecule has 1 heterocycles. The first kappa shape index (κ1) is 22.3. The van der Waals surface area contributed by atoms with Crippen molar-refractivity contribution in [1.29, 1.82) is 0 Å². The number of rotatable bonds is 9. The van der Waals surface area contributed by atoms with E-state index in [4.69, 9.17) is 9.41 Å². The quantitative estimate of drug-likeness (QED) is 0.335. The van der Waals surface area contributed by atoms with E-state index in [1.807, 2.05) is 12.1 Å². The summed E-state index contributed by atoms with van der Waals surface area (Å²) in [5, 5.41) is 6.89. The van der Waals surface area contributed by atoms with Crippen LogP contribution in [-0.4, -0.2) is 51.1 Å². The summed E-state index contributed by atoms with van der Waals surface area (Å²) in [5.74, 6) is 1.95. The molecule has 0 atom stereocenters. The number of halogens is 1. The Balaban J connectivity index is 0.00000312. The lowest BCUT2D eigenvalue weighted by Gasteiger charge is -2.30. The highest BCUT2D eigenvalue weighted by Gasteiger charge is 2.34. The fraction of sp³-hybridized carbons (Fsp3) is 0.737. The van der Waals surface area contributed by atoms with E-state index in [2.05, 4.69) is 36.6 Å². The number of furan rings is 1. The van der Waals surface area contributed by atoms with Crippen molar-refractivity contribution in [2.24, 2.45) is 10.4 Å². The van der Waals surface area contributed by atoms with Crippen LogP contribution < -0.4 is 10.6 Å². The standard InChI is InChI=1S/C19H34N4O.HI/c1-4-12-20-18(21-13-9-17-8-7-14-24-17)22-15-19(16-23(2)3)10-5-6-11-19;/h7-8,14H,4-6,9-13,15-16H2,1-3H3,(H2,20,21,22);1H. The average Bonchev–Trinajstić information content (AvgIpc) is 3.21. The Labute approximate surface area is 170 Å². The highest BCUT2D eigenvalue weighted by molar-refractivity contribution is 14.0. The maximum atomic E-state index is 5.39. The van der Waals surface area contributed by atoms with E-state index in [-0.39, 0.29) is 24.0 Å². The van der Waals surface area contributed by atoms with Crippen LogP contribution in [0.3, 0.4) is 0 Å². The van der Waals surface area contributed by atoms with Crippen LogP contribution in [0.5, 0.6) is 0 Å². The highest BCUT2D eigenvalue weighted by Crippen LogP contribution is 2.38. The van der Waals surface area contributed by atoms with Crippen LogP contribution in [0, 0.1) is 5.41 Å². The lowest BCUT2D eigenvalue weighted by atomic mass is 9.86. The summed E-state index contributed by atoms with van der Waals surface area (Å²) in [4.78, 5) is 7.23. The predicted molar refractivity (Wildman–Crippen MR) is 116 cm³/mol. The molecule has 1 saturated carbocycles. The van der Waals surface area contributed by atoms with Gasteiger partial charge in [-0.05, 0) is 45.5 Å². The van der Waals surface area contributed by atoms with Crippen LogP contribution in [0.2, 0.25) is 0 Å². The third-order valence-corrected chi connectivity index (χ3v) is 4.67. The van der Waals surface area contributed by atoms with E-state index in [9.17, 15) is 0 Å². The van der Waals surface area contributed by atoms with Gasteiger partial charge >= 0.3 is 0 Å². The van der Waals surface area contributed by atoms with E-state index < -0.39 is 0 Å². The minimum atomic E-state index is 0. The molecule has 0 bridgehead atoms. The van der Waals surface area contributed by atoms with E-state index in [0.717, 1.165) is 50.7 Å². The fourth-order valence-electron chi connectivity index (χ4n) is 3.59. The summed E-state index contributed by atoms with van der Waals surface area (Å²) < 4.78 is 5.39. The molecule has 6 heteroatoms. The van der Waals surface area contributed by atoms with Gasteiger partial charge in [0.25, 0.3) is 0 Å². The maximum Gasteiger partial charge on any atom is 0.191 e. The first-order valence-electron chi connectivity index (χ1n) is 9.33. The summed E-state index contributed by atoms with van der Waals surface area (Å²) in [6.45, 7) is 6.00. The third-order valence-electron chi connectivity index (χ3n) is 4.67. The van der Waals surface area contributed by atoms with Crippen LogP contribution in [0.25, 0.3) is 0 Å². The number of aliphatic imine (C=N–C) groups is 1. The Morgan fingerprint density at radius 2 is 1.96 bits per heavy atom. The van der Waals surface area contributed by atoms with Gasteiger partial charge in [0.2, 0.25) is 0 Å². The second kappa shape index (κ2) is 11.8. The van der Waals surface area contributed by atoms with E-state index in [1.165, 1.54) is 25.7 Å². The predicted octanol–water partition coefficient (Wildman–Crippen LogP) is 3.51. The first-order valence-corrected chi connectivity index (χ1v) is 9.33. The fourth-order valence-corrected chi connectivity index (χ4v) is 3.59. The minimum Gasteiger partial charge on any atom is -0.469 e.